The molecule has 2 aromatic rings. The SMILES string of the molecule is CCn1c(=O)c(SCC(=O)N2CCCC2)nc2ccccc21. The quantitative estimate of drug-likeness (QED) is 0.811. The van der Waals surface area contributed by atoms with Crippen LogP contribution in [0.2, 0.25) is 0 Å². The van der Waals surface area contributed by atoms with Crippen LogP contribution in [0.5, 0.6) is 0 Å². The summed E-state index contributed by atoms with van der Waals surface area (Å²) in [5.74, 6) is 0.379. The summed E-state index contributed by atoms with van der Waals surface area (Å²) in [6, 6.07) is 7.60. The van der Waals surface area contributed by atoms with Crippen molar-refractivity contribution in [3.05, 3.63) is 34.6 Å². The van der Waals surface area contributed by atoms with Gasteiger partial charge in [-0.25, -0.2) is 4.98 Å². The smallest absolute Gasteiger partial charge is 0.283 e. The summed E-state index contributed by atoms with van der Waals surface area (Å²) in [6.45, 7) is 4.21. The van der Waals surface area contributed by atoms with Crippen LogP contribution in [0, 0.1) is 0 Å². The largest absolute Gasteiger partial charge is 0.342 e. The number of rotatable bonds is 4. The lowest BCUT2D eigenvalue weighted by molar-refractivity contribution is -0.127. The highest BCUT2D eigenvalue weighted by Crippen LogP contribution is 2.18. The molecule has 0 saturated carbocycles. The van der Waals surface area contributed by atoms with Crippen LogP contribution in [0.25, 0.3) is 11.0 Å². The number of thioether (sulfide) groups is 1. The zero-order valence-corrected chi connectivity index (χ0v) is 13.4. The number of aryl methyl sites for hydroxylation is 1. The molecule has 0 unspecified atom stereocenters. The average molecular weight is 317 g/mol. The number of hydrogen-bond donors (Lipinski definition) is 0. The Kier molecular flexibility index (Phi) is 4.47. The van der Waals surface area contributed by atoms with Crippen LogP contribution in [0.15, 0.2) is 34.1 Å². The molecule has 6 heteroatoms. The third-order valence-electron chi connectivity index (χ3n) is 3.93. The maximum absolute atomic E-state index is 12.5. The summed E-state index contributed by atoms with van der Waals surface area (Å²) in [7, 11) is 0. The van der Waals surface area contributed by atoms with Gasteiger partial charge in [-0.1, -0.05) is 23.9 Å². The van der Waals surface area contributed by atoms with Crippen LogP contribution < -0.4 is 5.56 Å². The zero-order valence-electron chi connectivity index (χ0n) is 12.6. The number of benzene rings is 1. The Balaban J connectivity index is 1.85. The van der Waals surface area contributed by atoms with Crippen molar-refractivity contribution < 1.29 is 4.79 Å². The third-order valence-corrected chi connectivity index (χ3v) is 4.86. The minimum Gasteiger partial charge on any atom is -0.342 e. The standard InChI is InChI=1S/C16H19N3O2S/c1-2-19-13-8-4-3-7-12(13)17-15(16(19)21)22-11-14(20)18-9-5-6-10-18/h3-4,7-8H,2,5-6,9-11H2,1H3. The Morgan fingerprint density at radius 1 is 1.27 bits per heavy atom. The first kappa shape index (κ1) is 15.1. The zero-order chi connectivity index (χ0) is 15.5. The van der Waals surface area contributed by atoms with Gasteiger partial charge in [-0.2, -0.15) is 0 Å². The highest BCUT2D eigenvalue weighted by molar-refractivity contribution is 7.99. The predicted molar refractivity (Wildman–Crippen MR) is 88.2 cm³/mol. The monoisotopic (exact) mass is 317 g/mol. The summed E-state index contributed by atoms with van der Waals surface area (Å²) in [5, 5.41) is 0.410. The van der Waals surface area contributed by atoms with E-state index >= 15 is 0 Å². The molecular weight excluding hydrogens is 298 g/mol. The molecule has 0 radical (unpaired) electrons. The van der Waals surface area contributed by atoms with Crippen LogP contribution in [0.1, 0.15) is 19.8 Å². The molecule has 1 fully saturated rings. The Hall–Kier alpha value is -1.82. The van der Waals surface area contributed by atoms with E-state index in [0.717, 1.165) is 37.0 Å². The van der Waals surface area contributed by atoms with Gasteiger partial charge in [0.1, 0.15) is 0 Å². The first-order valence-electron chi connectivity index (χ1n) is 7.61. The molecule has 0 aliphatic carbocycles. The average Bonchev–Trinajstić information content (AvgIpc) is 3.07. The van der Waals surface area contributed by atoms with Crippen molar-refractivity contribution in [3.8, 4) is 0 Å². The second-order valence-corrected chi connectivity index (χ2v) is 6.30. The molecule has 1 amide bonds. The Bertz CT molecular complexity index is 751. The Morgan fingerprint density at radius 3 is 2.73 bits per heavy atom. The van der Waals surface area contributed by atoms with Crippen LogP contribution >= 0.6 is 11.8 Å². The van der Waals surface area contributed by atoms with Crippen LogP contribution in [-0.4, -0.2) is 39.2 Å². The van der Waals surface area contributed by atoms with E-state index in [9.17, 15) is 9.59 Å². The van der Waals surface area contributed by atoms with E-state index in [0.29, 0.717) is 11.6 Å². The number of hydrogen-bond acceptors (Lipinski definition) is 4. The molecule has 0 bridgehead atoms. The van der Waals surface area contributed by atoms with Gasteiger partial charge in [0.05, 0.1) is 16.8 Å². The topological polar surface area (TPSA) is 55.2 Å². The molecule has 3 rings (SSSR count). The number of amides is 1. The van der Waals surface area contributed by atoms with Crippen LogP contribution in [0.3, 0.4) is 0 Å². The van der Waals surface area contributed by atoms with E-state index in [1.54, 1.807) is 4.57 Å². The molecule has 0 atom stereocenters. The summed E-state index contributed by atoms with van der Waals surface area (Å²) in [6.07, 6.45) is 2.15. The fraction of sp³-hybridized carbons (Fsp3) is 0.438. The molecule has 22 heavy (non-hydrogen) atoms. The number of nitrogens with zero attached hydrogens (tertiary/aromatic N) is 3. The van der Waals surface area contributed by atoms with Gasteiger partial charge >= 0.3 is 0 Å². The van der Waals surface area contributed by atoms with Crippen molar-refractivity contribution in [1.82, 2.24) is 14.5 Å². The second-order valence-electron chi connectivity index (χ2n) is 5.33. The molecule has 5 nitrogen and oxygen atoms in total. The molecular formula is C16H19N3O2S. The number of carbonyl (C=O) groups is 1. The number of fused-ring (bicyclic) bond motifs is 1. The summed E-state index contributed by atoms with van der Waals surface area (Å²) < 4.78 is 1.71. The van der Waals surface area contributed by atoms with E-state index < -0.39 is 0 Å². The highest BCUT2D eigenvalue weighted by atomic mass is 32.2. The lowest BCUT2D eigenvalue weighted by atomic mass is 10.3. The Morgan fingerprint density at radius 2 is 2.00 bits per heavy atom. The van der Waals surface area contributed by atoms with Crippen molar-refractivity contribution in [3.63, 3.8) is 0 Å². The third kappa shape index (κ3) is 2.88. The summed E-state index contributed by atoms with van der Waals surface area (Å²) in [5.41, 5.74) is 1.52. The molecule has 116 valence electrons. The number of aromatic nitrogens is 2. The van der Waals surface area contributed by atoms with Crippen LogP contribution in [-0.2, 0) is 11.3 Å². The molecule has 1 aliphatic rings. The van der Waals surface area contributed by atoms with Gasteiger partial charge in [0.25, 0.3) is 5.56 Å². The minimum atomic E-state index is -0.111. The number of carbonyl (C=O) groups excluding carboxylic acids is 1. The van der Waals surface area contributed by atoms with E-state index in [2.05, 4.69) is 4.98 Å². The van der Waals surface area contributed by atoms with Crippen molar-refractivity contribution in [2.75, 3.05) is 18.8 Å². The molecule has 1 saturated heterocycles. The Labute approximate surface area is 133 Å². The van der Waals surface area contributed by atoms with Gasteiger partial charge in [-0.15, -0.1) is 0 Å². The van der Waals surface area contributed by atoms with Crippen LogP contribution in [0.4, 0.5) is 0 Å². The van der Waals surface area contributed by atoms with E-state index in [1.165, 1.54) is 11.8 Å². The number of likely N-dealkylation sites (tertiary alicyclic amines) is 1. The predicted octanol–water partition coefficient (Wildman–Crippen LogP) is 2.13. The first-order valence-corrected chi connectivity index (χ1v) is 8.59. The van der Waals surface area contributed by atoms with E-state index in [-0.39, 0.29) is 17.2 Å². The second kappa shape index (κ2) is 6.52. The number of para-hydroxylation sites is 2. The van der Waals surface area contributed by atoms with E-state index in [1.807, 2.05) is 36.1 Å². The highest BCUT2D eigenvalue weighted by Gasteiger charge is 2.19. The van der Waals surface area contributed by atoms with Crippen molar-refractivity contribution in [1.29, 1.82) is 0 Å². The fourth-order valence-corrected chi connectivity index (χ4v) is 3.60. The van der Waals surface area contributed by atoms with Gasteiger partial charge in [0.15, 0.2) is 5.03 Å². The maximum Gasteiger partial charge on any atom is 0.283 e. The lowest BCUT2D eigenvalue weighted by Gasteiger charge is -2.15. The molecule has 0 N–H and O–H groups in total. The van der Waals surface area contributed by atoms with Gasteiger partial charge in [-0.3, -0.25) is 9.59 Å². The molecule has 0 spiro atoms. The van der Waals surface area contributed by atoms with Gasteiger partial charge in [0, 0.05) is 19.6 Å². The minimum absolute atomic E-state index is 0.0971. The molecule has 2 heterocycles. The van der Waals surface area contributed by atoms with Gasteiger partial charge < -0.3 is 9.47 Å². The summed E-state index contributed by atoms with van der Waals surface area (Å²) in [4.78, 5) is 30.9. The normalized spacial score (nSPS) is 14.7. The maximum atomic E-state index is 12.5. The molecule has 1 aromatic carbocycles. The first-order chi connectivity index (χ1) is 10.7. The van der Waals surface area contributed by atoms with E-state index in [4.69, 9.17) is 0 Å². The van der Waals surface area contributed by atoms with Crippen molar-refractivity contribution in [2.24, 2.45) is 0 Å². The van der Waals surface area contributed by atoms with Crippen molar-refractivity contribution in [2.45, 2.75) is 31.3 Å². The molecule has 1 aliphatic heterocycles. The summed E-state index contributed by atoms with van der Waals surface area (Å²) >= 11 is 1.25. The van der Waals surface area contributed by atoms with Gasteiger partial charge in [0.2, 0.25) is 5.91 Å². The lowest BCUT2D eigenvalue weighted by Crippen LogP contribution is -2.30. The van der Waals surface area contributed by atoms with Gasteiger partial charge in [-0.05, 0) is 31.9 Å². The fourth-order valence-electron chi connectivity index (χ4n) is 2.76. The molecule has 1 aromatic heterocycles. The van der Waals surface area contributed by atoms with Crippen molar-refractivity contribution >= 4 is 28.7 Å².